The summed E-state index contributed by atoms with van der Waals surface area (Å²) in [4.78, 5) is 0. The van der Waals surface area contributed by atoms with Gasteiger partial charge in [0.05, 0.1) is 0 Å². The quantitative estimate of drug-likeness (QED) is 0.895. The molecular weight excluding hydrogens is 222 g/mol. The molecule has 0 bridgehead atoms. The SMILES string of the molecule is Cn1nccc1CCC1Cc2ccccc2C1N. The summed E-state index contributed by atoms with van der Waals surface area (Å²) in [7, 11) is 2.00. The van der Waals surface area contributed by atoms with E-state index < -0.39 is 0 Å². The second-order valence-electron chi connectivity index (χ2n) is 5.17. The van der Waals surface area contributed by atoms with Gasteiger partial charge < -0.3 is 5.73 Å². The van der Waals surface area contributed by atoms with Crippen molar-refractivity contribution in [2.75, 3.05) is 0 Å². The molecule has 1 heterocycles. The lowest BCUT2D eigenvalue weighted by atomic mass is 9.95. The van der Waals surface area contributed by atoms with Crippen LogP contribution in [-0.4, -0.2) is 9.78 Å². The van der Waals surface area contributed by atoms with Gasteiger partial charge in [-0.1, -0.05) is 24.3 Å². The van der Waals surface area contributed by atoms with E-state index in [0.717, 1.165) is 19.3 Å². The lowest BCUT2D eigenvalue weighted by Crippen LogP contribution is -2.17. The van der Waals surface area contributed by atoms with Crippen LogP contribution in [0.4, 0.5) is 0 Å². The lowest BCUT2D eigenvalue weighted by molar-refractivity contribution is 0.429. The zero-order valence-electron chi connectivity index (χ0n) is 10.7. The number of fused-ring (bicyclic) bond motifs is 1. The van der Waals surface area contributed by atoms with Gasteiger partial charge in [0.25, 0.3) is 0 Å². The Labute approximate surface area is 108 Å². The highest BCUT2D eigenvalue weighted by Crippen LogP contribution is 2.36. The number of aromatic nitrogens is 2. The van der Waals surface area contributed by atoms with Gasteiger partial charge in [-0.3, -0.25) is 4.68 Å². The van der Waals surface area contributed by atoms with Crippen molar-refractivity contribution in [3.8, 4) is 0 Å². The van der Waals surface area contributed by atoms with Crippen molar-refractivity contribution in [2.24, 2.45) is 18.7 Å². The van der Waals surface area contributed by atoms with Gasteiger partial charge in [-0.05, 0) is 42.4 Å². The van der Waals surface area contributed by atoms with Gasteiger partial charge in [0, 0.05) is 25.0 Å². The van der Waals surface area contributed by atoms with E-state index in [2.05, 4.69) is 35.4 Å². The average molecular weight is 241 g/mol. The van der Waals surface area contributed by atoms with Crippen molar-refractivity contribution in [3.05, 3.63) is 53.3 Å². The van der Waals surface area contributed by atoms with Gasteiger partial charge >= 0.3 is 0 Å². The Morgan fingerprint density at radius 2 is 2.17 bits per heavy atom. The maximum absolute atomic E-state index is 6.35. The van der Waals surface area contributed by atoms with E-state index in [4.69, 9.17) is 5.73 Å². The molecule has 0 saturated heterocycles. The highest BCUT2D eigenvalue weighted by molar-refractivity contribution is 5.35. The predicted octanol–water partition coefficient (Wildman–Crippen LogP) is 2.23. The Bertz CT molecular complexity index is 544. The first-order valence-corrected chi connectivity index (χ1v) is 6.56. The molecule has 0 aliphatic heterocycles. The maximum Gasteiger partial charge on any atom is 0.0492 e. The fraction of sp³-hybridized carbons (Fsp3) is 0.400. The maximum atomic E-state index is 6.35. The summed E-state index contributed by atoms with van der Waals surface area (Å²) in [5.74, 6) is 0.567. The molecule has 94 valence electrons. The number of benzene rings is 1. The molecule has 3 heteroatoms. The van der Waals surface area contributed by atoms with Crippen LogP contribution in [0.25, 0.3) is 0 Å². The molecule has 1 aromatic heterocycles. The molecule has 0 spiro atoms. The second kappa shape index (κ2) is 4.58. The molecule has 2 N–H and O–H groups in total. The van der Waals surface area contributed by atoms with Gasteiger partial charge in [0.2, 0.25) is 0 Å². The Hall–Kier alpha value is -1.61. The van der Waals surface area contributed by atoms with Gasteiger partial charge in [-0.2, -0.15) is 5.10 Å². The minimum atomic E-state index is 0.203. The minimum absolute atomic E-state index is 0.203. The second-order valence-corrected chi connectivity index (χ2v) is 5.17. The number of nitrogens with two attached hydrogens (primary N) is 1. The molecule has 0 amide bonds. The fourth-order valence-electron chi connectivity index (χ4n) is 2.97. The van der Waals surface area contributed by atoms with Crippen molar-refractivity contribution in [3.63, 3.8) is 0 Å². The van der Waals surface area contributed by atoms with Crippen molar-refractivity contribution in [1.29, 1.82) is 0 Å². The van der Waals surface area contributed by atoms with Gasteiger partial charge in [0.15, 0.2) is 0 Å². The molecule has 2 unspecified atom stereocenters. The van der Waals surface area contributed by atoms with Crippen LogP contribution in [0, 0.1) is 5.92 Å². The van der Waals surface area contributed by atoms with Gasteiger partial charge in [-0.25, -0.2) is 0 Å². The van der Waals surface area contributed by atoms with Crippen molar-refractivity contribution in [1.82, 2.24) is 9.78 Å². The molecule has 0 saturated carbocycles. The van der Waals surface area contributed by atoms with Crippen LogP contribution in [0.15, 0.2) is 36.5 Å². The van der Waals surface area contributed by atoms with E-state index >= 15 is 0 Å². The largest absolute Gasteiger partial charge is 0.324 e. The summed E-state index contributed by atoms with van der Waals surface area (Å²) in [6.07, 6.45) is 5.17. The van der Waals surface area contributed by atoms with Crippen molar-refractivity contribution in [2.45, 2.75) is 25.3 Å². The molecule has 1 aliphatic rings. The summed E-state index contributed by atoms with van der Waals surface area (Å²) >= 11 is 0. The van der Waals surface area contributed by atoms with E-state index in [1.54, 1.807) is 0 Å². The minimum Gasteiger partial charge on any atom is -0.324 e. The molecule has 2 aromatic rings. The molecule has 0 fully saturated rings. The summed E-state index contributed by atoms with van der Waals surface area (Å²) in [6, 6.07) is 10.9. The third-order valence-corrected chi connectivity index (χ3v) is 4.10. The van der Waals surface area contributed by atoms with Crippen LogP contribution >= 0.6 is 0 Å². The summed E-state index contributed by atoms with van der Waals surface area (Å²) in [6.45, 7) is 0. The predicted molar refractivity (Wildman–Crippen MR) is 72.1 cm³/mol. The van der Waals surface area contributed by atoms with E-state index in [1.165, 1.54) is 16.8 Å². The number of aryl methyl sites for hydroxylation is 2. The molecule has 2 atom stereocenters. The molecule has 3 rings (SSSR count). The highest BCUT2D eigenvalue weighted by Gasteiger charge is 2.28. The Balaban J connectivity index is 1.68. The number of nitrogens with zero attached hydrogens (tertiary/aromatic N) is 2. The van der Waals surface area contributed by atoms with E-state index in [9.17, 15) is 0 Å². The third kappa shape index (κ3) is 1.95. The molecule has 1 aliphatic carbocycles. The van der Waals surface area contributed by atoms with Crippen LogP contribution in [0.1, 0.15) is 29.3 Å². The zero-order valence-corrected chi connectivity index (χ0v) is 10.7. The highest BCUT2D eigenvalue weighted by atomic mass is 15.2. The van der Waals surface area contributed by atoms with E-state index in [0.29, 0.717) is 5.92 Å². The Morgan fingerprint density at radius 3 is 2.89 bits per heavy atom. The van der Waals surface area contributed by atoms with Crippen LogP contribution in [0.2, 0.25) is 0 Å². The first-order valence-electron chi connectivity index (χ1n) is 6.56. The first kappa shape index (κ1) is 11.5. The molecular formula is C15H19N3. The number of rotatable bonds is 3. The summed E-state index contributed by atoms with van der Waals surface area (Å²) in [5, 5.41) is 4.21. The van der Waals surface area contributed by atoms with Crippen LogP contribution in [0.5, 0.6) is 0 Å². The average Bonchev–Trinajstić information content (AvgIpc) is 2.92. The van der Waals surface area contributed by atoms with E-state index in [1.807, 2.05) is 17.9 Å². The Kier molecular flexibility index (Phi) is 2.92. The van der Waals surface area contributed by atoms with Crippen LogP contribution in [0.3, 0.4) is 0 Å². The van der Waals surface area contributed by atoms with Gasteiger partial charge in [0.1, 0.15) is 0 Å². The topological polar surface area (TPSA) is 43.8 Å². The lowest BCUT2D eigenvalue weighted by Gasteiger charge is -2.15. The Morgan fingerprint density at radius 1 is 1.33 bits per heavy atom. The summed E-state index contributed by atoms with van der Waals surface area (Å²) < 4.78 is 1.95. The van der Waals surface area contributed by atoms with Crippen molar-refractivity contribution < 1.29 is 0 Å². The number of hydrogen-bond acceptors (Lipinski definition) is 2. The van der Waals surface area contributed by atoms with Crippen LogP contribution in [-0.2, 0) is 19.9 Å². The van der Waals surface area contributed by atoms with E-state index in [-0.39, 0.29) is 6.04 Å². The smallest absolute Gasteiger partial charge is 0.0492 e. The van der Waals surface area contributed by atoms with Crippen molar-refractivity contribution >= 4 is 0 Å². The molecule has 1 aromatic carbocycles. The molecule has 0 radical (unpaired) electrons. The fourth-order valence-corrected chi connectivity index (χ4v) is 2.97. The van der Waals surface area contributed by atoms with Crippen LogP contribution < -0.4 is 5.73 Å². The summed E-state index contributed by atoms with van der Waals surface area (Å²) in [5.41, 5.74) is 10.4. The normalized spacial score (nSPS) is 22.1. The zero-order chi connectivity index (χ0) is 12.5. The molecule has 18 heavy (non-hydrogen) atoms. The molecule has 3 nitrogen and oxygen atoms in total. The monoisotopic (exact) mass is 241 g/mol. The third-order valence-electron chi connectivity index (χ3n) is 4.10. The number of hydrogen-bond donors (Lipinski definition) is 1. The first-order chi connectivity index (χ1) is 8.75. The standard InChI is InChI=1S/C15H19N3/c1-18-13(8-9-17-18)7-6-12-10-11-4-2-3-5-14(11)15(12)16/h2-5,8-9,12,15H,6-7,10,16H2,1H3. The van der Waals surface area contributed by atoms with Gasteiger partial charge in [-0.15, -0.1) is 0 Å².